The molecule has 0 radical (unpaired) electrons. The second kappa shape index (κ2) is 7.40. The molecule has 22 heavy (non-hydrogen) atoms. The number of benzene rings is 1. The Balaban J connectivity index is 1.92. The van der Waals surface area contributed by atoms with Gasteiger partial charge in [-0.2, -0.15) is 0 Å². The number of hydrogen-bond acceptors (Lipinski definition) is 4. The first-order valence-corrected chi connectivity index (χ1v) is 7.97. The molecule has 0 aliphatic heterocycles. The van der Waals surface area contributed by atoms with E-state index in [4.69, 9.17) is 0 Å². The maximum atomic E-state index is 13.6. The Hall–Kier alpha value is -1.89. The van der Waals surface area contributed by atoms with Gasteiger partial charge in [-0.1, -0.05) is 30.0 Å². The van der Waals surface area contributed by atoms with Gasteiger partial charge in [-0.3, -0.25) is 4.79 Å². The average molecular weight is 322 g/mol. The monoisotopic (exact) mass is 322 g/mol. The fourth-order valence-electron chi connectivity index (χ4n) is 1.90. The molecule has 5 nitrogen and oxygen atoms in total. The molecule has 0 saturated carbocycles. The van der Waals surface area contributed by atoms with Crippen molar-refractivity contribution in [3.8, 4) is 0 Å². The summed E-state index contributed by atoms with van der Waals surface area (Å²) < 4.78 is 15.5. The van der Waals surface area contributed by atoms with E-state index in [1.54, 1.807) is 31.6 Å². The lowest BCUT2D eigenvalue weighted by Gasteiger charge is -2.17. The van der Waals surface area contributed by atoms with Gasteiger partial charge in [0.1, 0.15) is 12.1 Å². The lowest BCUT2D eigenvalue weighted by atomic mass is 10.2. The van der Waals surface area contributed by atoms with Crippen molar-refractivity contribution in [3.63, 3.8) is 0 Å². The van der Waals surface area contributed by atoms with Crippen molar-refractivity contribution in [1.29, 1.82) is 0 Å². The van der Waals surface area contributed by atoms with E-state index < -0.39 is 0 Å². The highest BCUT2D eigenvalue weighted by atomic mass is 32.2. The molecule has 0 bridgehead atoms. The summed E-state index contributed by atoms with van der Waals surface area (Å²) in [6, 6.07) is 6.71. The van der Waals surface area contributed by atoms with Crippen LogP contribution in [-0.2, 0) is 11.3 Å². The van der Waals surface area contributed by atoms with Crippen molar-refractivity contribution in [2.24, 2.45) is 0 Å². The van der Waals surface area contributed by atoms with Crippen LogP contribution in [0, 0.1) is 5.82 Å². The zero-order chi connectivity index (χ0) is 16.1. The van der Waals surface area contributed by atoms with Crippen LogP contribution in [0.2, 0.25) is 0 Å². The molecule has 0 N–H and O–H groups in total. The molecule has 1 amide bonds. The molecule has 7 heteroatoms. The van der Waals surface area contributed by atoms with E-state index in [1.807, 2.05) is 18.4 Å². The SMILES string of the molecule is CC(C)n1cnnc1SCC(=O)N(C)Cc1ccccc1F. The molecule has 0 atom stereocenters. The number of aromatic nitrogens is 3. The van der Waals surface area contributed by atoms with E-state index in [9.17, 15) is 9.18 Å². The third-order valence-electron chi connectivity index (χ3n) is 3.21. The molecular weight excluding hydrogens is 303 g/mol. The molecule has 1 aromatic carbocycles. The van der Waals surface area contributed by atoms with E-state index in [2.05, 4.69) is 10.2 Å². The molecule has 0 saturated heterocycles. The Kier molecular flexibility index (Phi) is 5.54. The summed E-state index contributed by atoms with van der Waals surface area (Å²) in [5, 5.41) is 8.59. The summed E-state index contributed by atoms with van der Waals surface area (Å²) in [4.78, 5) is 13.7. The Labute approximate surface area is 133 Å². The number of rotatable bonds is 6. The molecule has 0 fully saturated rings. The van der Waals surface area contributed by atoms with Gasteiger partial charge in [0.25, 0.3) is 0 Å². The lowest BCUT2D eigenvalue weighted by Crippen LogP contribution is -2.28. The molecule has 0 unspecified atom stereocenters. The number of nitrogens with zero attached hydrogens (tertiary/aromatic N) is 4. The predicted octanol–water partition coefficient (Wildman–Crippen LogP) is 2.75. The van der Waals surface area contributed by atoms with Crippen LogP contribution in [0.15, 0.2) is 35.7 Å². The minimum Gasteiger partial charge on any atom is -0.341 e. The average Bonchev–Trinajstić information content (AvgIpc) is 2.95. The normalized spacial score (nSPS) is 11.0. The molecule has 1 heterocycles. The molecule has 118 valence electrons. The third kappa shape index (κ3) is 4.07. The summed E-state index contributed by atoms with van der Waals surface area (Å²) in [6.07, 6.45) is 1.65. The highest BCUT2D eigenvalue weighted by molar-refractivity contribution is 7.99. The van der Waals surface area contributed by atoms with Crippen LogP contribution in [0.5, 0.6) is 0 Å². The van der Waals surface area contributed by atoms with Gasteiger partial charge in [0, 0.05) is 25.2 Å². The summed E-state index contributed by atoms with van der Waals surface area (Å²) in [6.45, 7) is 4.31. The molecular formula is C15H19FN4OS. The molecule has 2 rings (SSSR count). The van der Waals surface area contributed by atoms with Gasteiger partial charge in [-0.05, 0) is 19.9 Å². The standard InChI is InChI=1S/C15H19FN4OS/c1-11(2)20-10-17-18-15(20)22-9-14(21)19(3)8-12-6-4-5-7-13(12)16/h4-7,10-11H,8-9H2,1-3H3. The van der Waals surface area contributed by atoms with Crippen LogP contribution in [-0.4, -0.2) is 38.4 Å². The van der Waals surface area contributed by atoms with E-state index in [0.29, 0.717) is 10.7 Å². The van der Waals surface area contributed by atoms with Crippen LogP contribution in [0.3, 0.4) is 0 Å². The zero-order valence-corrected chi connectivity index (χ0v) is 13.7. The molecule has 0 aliphatic rings. The minimum atomic E-state index is -0.297. The first-order chi connectivity index (χ1) is 10.5. The van der Waals surface area contributed by atoms with Crippen molar-refractivity contribution < 1.29 is 9.18 Å². The molecule has 1 aromatic heterocycles. The van der Waals surface area contributed by atoms with E-state index in [0.717, 1.165) is 0 Å². The van der Waals surface area contributed by atoms with Gasteiger partial charge < -0.3 is 9.47 Å². The van der Waals surface area contributed by atoms with E-state index in [-0.39, 0.29) is 30.1 Å². The van der Waals surface area contributed by atoms with Gasteiger partial charge in [-0.25, -0.2) is 4.39 Å². The fraction of sp³-hybridized carbons (Fsp3) is 0.400. The van der Waals surface area contributed by atoms with Gasteiger partial charge >= 0.3 is 0 Å². The quantitative estimate of drug-likeness (QED) is 0.767. The highest BCUT2D eigenvalue weighted by Gasteiger charge is 2.14. The number of amides is 1. The number of halogens is 1. The lowest BCUT2D eigenvalue weighted by molar-refractivity contribution is -0.127. The van der Waals surface area contributed by atoms with Crippen molar-refractivity contribution in [2.75, 3.05) is 12.8 Å². The van der Waals surface area contributed by atoms with Crippen LogP contribution < -0.4 is 0 Å². The number of hydrogen-bond donors (Lipinski definition) is 0. The summed E-state index contributed by atoms with van der Waals surface area (Å²) in [5.41, 5.74) is 0.508. The van der Waals surface area contributed by atoms with Gasteiger partial charge in [0.15, 0.2) is 5.16 Å². The van der Waals surface area contributed by atoms with Crippen molar-refractivity contribution in [3.05, 3.63) is 42.0 Å². The number of carbonyl (C=O) groups is 1. The third-order valence-corrected chi connectivity index (χ3v) is 4.15. The Morgan fingerprint density at radius 1 is 1.41 bits per heavy atom. The van der Waals surface area contributed by atoms with E-state index in [1.165, 1.54) is 22.7 Å². The maximum absolute atomic E-state index is 13.6. The predicted molar refractivity (Wildman–Crippen MR) is 84.0 cm³/mol. The number of carbonyl (C=O) groups excluding carboxylic acids is 1. The maximum Gasteiger partial charge on any atom is 0.233 e. The minimum absolute atomic E-state index is 0.0773. The fourth-order valence-corrected chi connectivity index (χ4v) is 2.88. The Morgan fingerprint density at radius 2 is 2.14 bits per heavy atom. The number of thioether (sulfide) groups is 1. The second-order valence-electron chi connectivity index (χ2n) is 5.24. The summed E-state index contributed by atoms with van der Waals surface area (Å²) >= 11 is 1.34. The topological polar surface area (TPSA) is 51.0 Å². The smallest absolute Gasteiger partial charge is 0.233 e. The van der Waals surface area contributed by atoms with Crippen molar-refractivity contribution >= 4 is 17.7 Å². The largest absolute Gasteiger partial charge is 0.341 e. The Bertz CT molecular complexity index is 644. The molecule has 0 aliphatic carbocycles. The van der Waals surface area contributed by atoms with Gasteiger partial charge in [0.05, 0.1) is 5.75 Å². The highest BCUT2D eigenvalue weighted by Crippen LogP contribution is 2.19. The van der Waals surface area contributed by atoms with Crippen LogP contribution in [0.25, 0.3) is 0 Å². The van der Waals surface area contributed by atoms with Gasteiger partial charge in [0.2, 0.25) is 5.91 Å². The second-order valence-corrected chi connectivity index (χ2v) is 6.19. The van der Waals surface area contributed by atoms with Crippen LogP contribution in [0.4, 0.5) is 4.39 Å². The Morgan fingerprint density at radius 3 is 2.82 bits per heavy atom. The van der Waals surface area contributed by atoms with Crippen molar-refractivity contribution in [2.45, 2.75) is 31.6 Å². The summed E-state index contributed by atoms with van der Waals surface area (Å²) in [7, 11) is 1.67. The van der Waals surface area contributed by atoms with Crippen molar-refractivity contribution in [1.82, 2.24) is 19.7 Å². The van der Waals surface area contributed by atoms with Crippen LogP contribution >= 0.6 is 11.8 Å². The van der Waals surface area contributed by atoms with Gasteiger partial charge in [-0.15, -0.1) is 10.2 Å². The summed E-state index contributed by atoms with van der Waals surface area (Å²) in [5.74, 6) is -0.128. The first kappa shape index (κ1) is 16.5. The van der Waals surface area contributed by atoms with Crippen LogP contribution in [0.1, 0.15) is 25.5 Å². The first-order valence-electron chi connectivity index (χ1n) is 6.98. The zero-order valence-electron chi connectivity index (χ0n) is 12.9. The molecule has 2 aromatic rings. The van der Waals surface area contributed by atoms with E-state index >= 15 is 0 Å². The molecule has 0 spiro atoms.